The van der Waals surface area contributed by atoms with Gasteiger partial charge in [0.05, 0.1) is 14.9 Å². The summed E-state index contributed by atoms with van der Waals surface area (Å²) >= 11 is 15.0. The molecule has 1 aromatic carbocycles. The maximum atomic E-state index is 12.2. The van der Waals surface area contributed by atoms with Gasteiger partial charge in [-0.05, 0) is 37.0 Å². The van der Waals surface area contributed by atoms with Crippen LogP contribution in [0.1, 0.15) is 26.2 Å². The van der Waals surface area contributed by atoms with E-state index in [0.717, 1.165) is 24.6 Å². The molecule has 0 aromatic heterocycles. The van der Waals surface area contributed by atoms with Crippen molar-refractivity contribution in [3.05, 3.63) is 28.2 Å². The fourth-order valence-electron chi connectivity index (χ4n) is 1.87. The number of halogens is 3. The van der Waals surface area contributed by atoms with Gasteiger partial charge in [0, 0.05) is 11.9 Å². The zero-order valence-electron chi connectivity index (χ0n) is 11.2. The lowest BCUT2D eigenvalue weighted by Crippen LogP contribution is -2.29. The first-order valence-electron chi connectivity index (χ1n) is 6.41. The maximum absolute atomic E-state index is 12.2. The Bertz CT molecular complexity index is 531. The number of benzene rings is 1. The Balaban J connectivity index is 2.75. The molecule has 0 amide bonds. The van der Waals surface area contributed by atoms with Gasteiger partial charge < -0.3 is 0 Å². The minimum atomic E-state index is -3.54. The van der Waals surface area contributed by atoms with E-state index >= 15 is 0 Å². The molecule has 3 nitrogen and oxygen atoms in total. The highest BCUT2D eigenvalue weighted by Crippen LogP contribution is 2.25. The van der Waals surface area contributed by atoms with Gasteiger partial charge >= 0.3 is 0 Å². The van der Waals surface area contributed by atoms with Crippen molar-refractivity contribution in [2.24, 2.45) is 5.92 Å². The number of hydrogen-bond acceptors (Lipinski definition) is 2. The van der Waals surface area contributed by atoms with E-state index in [1.807, 2.05) is 0 Å². The molecule has 0 aliphatic heterocycles. The first kappa shape index (κ1) is 18.2. The summed E-state index contributed by atoms with van der Waals surface area (Å²) in [6.45, 7) is 2.52. The van der Waals surface area contributed by atoms with Crippen molar-refractivity contribution in [3.63, 3.8) is 0 Å². The Morgan fingerprint density at radius 1 is 1.25 bits per heavy atom. The van der Waals surface area contributed by atoms with Crippen molar-refractivity contribution >= 4 is 49.2 Å². The van der Waals surface area contributed by atoms with Crippen LogP contribution in [0.4, 0.5) is 0 Å². The largest absolute Gasteiger partial charge is 0.240 e. The van der Waals surface area contributed by atoms with Crippen LogP contribution in [-0.2, 0) is 10.0 Å². The monoisotopic (exact) mass is 401 g/mol. The van der Waals surface area contributed by atoms with Gasteiger partial charge in [-0.2, -0.15) is 0 Å². The van der Waals surface area contributed by atoms with E-state index in [9.17, 15) is 8.42 Å². The summed E-state index contributed by atoms with van der Waals surface area (Å²) < 4.78 is 27.0. The quantitative estimate of drug-likeness (QED) is 0.651. The summed E-state index contributed by atoms with van der Waals surface area (Å²) in [6, 6.07) is 4.31. The van der Waals surface area contributed by atoms with Crippen LogP contribution < -0.4 is 4.72 Å². The highest BCUT2D eigenvalue weighted by Gasteiger charge is 2.17. The van der Waals surface area contributed by atoms with Gasteiger partial charge in [0.2, 0.25) is 10.0 Å². The van der Waals surface area contributed by atoms with Crippen molar-refractivity contribution in [2.45, 2.75) is 31.1 Å². The number of sulfonamides is 1. The molecule has 114 valence electrons. The van der Waals surface area contributed by atoms with Crippen molar-refractivity contribution in [1.82, 2.24) is 4.72 Å². The molecule has 0 bridgehead atoms. The van der Waals surface area contributed by atoms with Crippen LogP contribution in [0.15, 0.2) is 23.1 Å². The molecule has 0 aliphatic carbocycles. The molecule has 1 atom stereocenters. The Morgan fingerprint density at radius 3 is 2.50 bits per heavy atom. The first-order chi connectivity index (χ1) is 9.40. The third-order valence-corrected chi connectivity index (χ3v) is 5.60. The summed E-state index contributed by atoms with van der Waals surface area (Å²) in [4.78, 5) is 0.140. The number of nitrogens with one attached hydrogen (secondary N) is 1. The molecule has 7 heteroatoms. The minimum Gasteiger partial charge on any atom is -0.211 e. The Labute approximate surface area is 139 Å². The molecule has 0 fully saturated rings. The predicted octanol–water partition coefficient (Wildman–Crippen LogP) is 4.47. The zero-order chi connectivity index (χ0) is 15.2. The molecular weight excluding hydrogens is 385 g/mol. The maximum Gasteiger partial charge on any atom is 0.240 e. The molecule has 1 rings (SSSR count). The number of hydrogen-bond donors (Lipinski definition) is 1. The smallest absolute Gasteiger partial charge is 0.211 e. The van der Waals surface area contributed by atoms with Crippen LogP contribution >= 0.6 is 39.1 Å². The predicted molar refractivity (Wildman–Crippen MR) is 88.5 cm³/mol. The molecule has 1 aromatic rings. The lowest BCUT2D eigenvalue weighted by molar-refractivity contribution is 0.459. The zero-order valence-corrected chi connectivity index (χ0v) is 15.1. The van der Waals surface area contributed by atoms with Crippen LogP contribution in [0.5, 0.6) is 0 Å². The van der Waals surface area contributed by atoms with E-state index in [1.165, 1.54) is 18.2 Å². The molecule has 1 unspecified atom stereocenters. The Kier molecular flexibility index (Phi) is 7.83. The van der Waals surface area contributed by atoms with Gasteiger partial charge in [0.15, 0.2) is 0 Å². The van der Waals surface area contributed by atoms with Crippen LogP contribution in [-0.4, -0.2) is 20.3 Å². The first-order valence-corrected chi connectivity index (χ1v) is 9.77. The number of rotatable bonds is 8. The van der Waals surface area contributed by atoms with Crippen molar-refractivity contribution in [3.8, 4) is 0 Å². The van der Waals surface area contributed by atoms with Crippen molar-refractivity contribution in [2.75, 3.05) is 11.9 Å². The average Bonchev–Trinajstić information content (AvgIpc) is 2.39. The summed E-state index contributed by atoms with van der Waals surface area (Å²) in [7, 11) is -3.54. The lowest BCUT2D eigenvalue weighted by atomic mass is 10.0. The topological polar surface area (TPSA) is 46.2 Å². The molecule has 0 radical (unpaired) electrons. The third kappa shape index (κ3) is 5.53. The summed E-state index contributed by atoms with van der Waals surface area (Å²) in [5, 5.41) is 1.44. The van der Waals surface area contributed by atoms with Gasteiger partial charge in [0.25, 0.3) is 0 Å². The molecule has 1 N–H and O–H groups in total. The molecule has 0 saturated carbocycles. The molecule has 0 spiro atoms. The van der Waals surface area contributed by atoms with E-state index in [4.69, 9.17) is 23.2 Å². The molecule has 0 saturated heterocycles. The van der Waals surface area contributed by atoms with Crippen molar-refractivity contribution < 1.29 is 8.42 Å². The summed E-state index contributed by atoms with van der Waals surface area (Å²) in [5.74, 6) is 0.330. The summed E-state index contributed by atoms with van der Waals surface area (Å²) in [6.07, 6.45) is 2.97. The fraction of sp³-hybridized carbons (Fsp3) is 0.538. The van der Waals surface area contributed by atoms with E-state index in [-0.39, 0.29) is 9.92 Å². The van der Waals surface area contributed by atoms with Gasteiger partial charge in [-0.15, -0.1) is 0 Å². The lowest BCUT2D eigenvalue weighted by Gasteiger charge is -2.16. The Hall–Kier alpha value is 0.190. The van der Waals surface area contributed by atoms with Crippen LogP contribution in [0.25, 0.3) is 0 Å². The van der Waals surface area contributed by atoms with Gasteiger partial charge in [-0.3, -0.25) is 0 Å². The second-order valence-electron chi connectivity index (χ2n) is 4.56. The molecular formula is C13H18BrCl2NO2S. The third-order valence-electron chi connectivity index (χ3n) is 2.98. The van der Waals surface area contributed by atoms with Crippen LogP contribution in [0.3, 0.4) is 0 Å². The van der Waals surface area contributed by atoms with E-state index < -0.39 is 10.0 Å². The van der Waals surface area contributed by atoms with E-state index in [2.05, 4.69) is 27.6 Å². The standard InChI is InChI=1S/C13H18BrCl2NO2S/c1-2-3-10(6-7-14)9-17-20(18,19)11-4-5-12(15)13(16)8-11/h4-5,8,10,17H,2-3,6-7,9H2,1H3. The van der Waals surface area contributed by atoms with Gasteiger partial charge in [-0.25, -0.2) is 13.1 Å². The van der Waals surface area contributed by atoms with Gasteiger partial charge in [-0.1, -0.05) is 52.5 Å². The highest BCUT2D eigenvalue weighted by atomic mass is 79.9. The highest BCUT2D eigenvalue weighted by molar-refractivity contribution is 9.09. The molecule has 0 aliphatic rings. The molecule has 0 heterocycles. The second kappa shape index (κ2) is 8.59. The van der Waals surface area contributed by atoms with Crippen LogP contribution in [0, 0.1) is 5.92 Å². The normalized spacial score (nSPS) is 13.4. The minimum absolute atomic E-state index is 0.140. The van der Waals surface area contributed by atoms with Crippen LogP contribution in [0.2, 0.25) is 10.0 Å². The van der Waals surface area contributed by atoms with E-state index in [0.29, 0.717) is 17.5 Å². The van der Waals surface area contributed by atoms with Crippen molar-refractivity contribution in [1.29, 1.82) is 0 Å². The van der Waals surface area contributed by atoms with Gasteiger partial charge in [0.1, 0.15) is 0 Å². The fourth-order valence-corrected chi connectivity index (χ4v) is 4.02. The SMILES string of the molecule is CCCC(CCBr)CNS(=O)(=O)c1ccc(Cl)c(Cl)c1. The second-order valence-corrected chi connectivity index (χ2v) is 7.93. The Morgan fingerprint density at radius 2 is 1.95 bits per heavy atom. The number of alkyl halides is 1. The summed E-state index contributed by atoms with van der Waals surface area (Å²) in [5.41, 5.74) is 0. The van der Waals surface area contributed by atoms with E-state index in [1.54, 1.807) is 0 Å². The average molecular weight is 403 g/mol. The molecule has 20 heavy (non-hydrogen) atoms.